The first kappa shape index (κ1) is 9.96. The fourth-order valence-corrected chi connectivity index (χ4v) is 1.28. The second-order valence-corrected chi connectivity index (χ2v) is 3.03. The Bertz CT molecular complexity index is 61.7. The van der Waals surface area contributed by atoms with E-state index in [1.807, 2.05) is 0 Å². The van der Waals surface area contributed by atoms with E-state index in [1.165, 1.54) is 32.1 Å². The van der Waals surface area contributed by atoms with Gasteiger partial charge in [0.15, 0.2) is 0 Å². The molecule has 0 aliphatic rings. The van der Waals surface area contributed by atoms with Crippen LogP contribution in [-0.2, 0) is 0 Å². The minimum absolute atomic E-state index is 0.796. The van der Waals surface area contributed by atoms with E-state index < -0.39 is 0 Å². The van der Waals surface area contributed by atoms with Gasteiger partial charge in [0.1, 0.15) is 0 Å². The van der Waals surface area contributed by atoms with Gasteiger partial charge >= 0.3 is 0 Å². The summed E-state index contributed by atoms with van der Waals surface area (Å²) in [5.41, 5.74) is 5.60. The van der Waals surface area contributed by atoms with E-state index in [2.05, 4.69) is 13.8 Å². The van der Waals surface area contributed by atoms with Crippen LogP contribution in [-0.4, -0.2) is 6.54 Å². The number of hydrogen-bond donors (Lipinski definition) is 1. The van der Waals surface area contributed by atoms with Crippen molar-refractivity contribution < 1.29 is 0 Å². The van der Waals surface area contributed by atoms with Crippen LogP contribution in [0.2, 0.25) is 0 Å². The lowest BCUT2D eigenvalue weighted by Crippen LogP contribution is -2.13. The van der Waals surface area contributed by atoms with Crippen LogP contribution in [0.4, 0.5) is 0 Å². The zero-order chi connectivity index (χ0) is 7.82. The number of nitrogens with two attached hydrogens (primary N) is 1. The molecule has 1 heteroatoms. The molecule has 0 bridgehead atoms. The number of hydrogen-bond acceptors (Lipinski definition) is 1. The summed E-state index contributed by atoms with van der Waals surface area (Å²) in [6.07, 6.45) is 6.59. The minimum Gasteiger partial charge on any atom is -0.330 e. The molecule has 2 N–H and O–H groups in total. The van der Waals surface area contributed by atoms with E-state index in [1.54, 1.807) is 0 Å². The van der Waals surface area contributed by atoms with E-state index in [-0.39, 0.29) is 0 Å². The van der Waals surface area contributed by atoms with Crippen LogP contribution < -0.4 is 5.73 Å². The zero-order valence-corrected chi connectivity index (χ0v) is 7.40. The van der Waals surface area contributed by atoms with Crippen molar-refractivity contribution in [1.82, 2.24) is 0 Å². The van der Waals surface area contributed by atoms with Crippen LogP contribution in [0.3, 0.4) is 0 Å². The average Bonchev–Trinajstić information content (AvgIpc) is 1.98. The molecule has 0 heterocycles. The molecule has 10 heavy (non-hydrogen) atoms. The first-order chi connectivity index (χ1) is 4.85. The summed E-state index contributed by atoms with van der Waals surface area (Å²) in [6, 6.07) is 0. The largest absolute Gasteiger partial charge is 0.330 e. The molecule has 0 radical (unpaired) electrons. The molecular formula is C9H21N. The van der Waals surface area contributed by atoms with Crippen molar-refractivity contribution >= 4 is 0 Å². The summed E-state index contributed by atoms with van der Waals surface area (Å²) in [4.78, 5) is 0. The van der Waals surface area contributed by atoms with Gasteiger partial charge in [-0.05, 0) is 25.3 Å². The van der Waals surface area contributed by atoms with Gasteiger partial charge in [-0.2, -0.15) is 0 Å². The van der Waals surface area contributed by atoms with Gasteiger partial charge in [0.2, 0.25) is 0 Å². The second-order valence-electron chi connectivity index (χ2n) is 3.03. The molecule has 0 aliphatic heterocycles. The lowest BCUT2D eigenvalue weighted by atomic mass is 9.98. The normalized spacial score (nSPS) is 13.5. The smallest absolute Gasteiger partial charge is 0.00489 e. The molecular weight excluding hydrogens is 122 g/mol. The maximum Gasteiger partial charge on any atom is -0.00489 e. The van der Waals surface area contributed by atoms with Gasteiger partial charge in [0, 0.05) is 0 Å². The molecule has 62 valence electrons. The van der Waals surface area contributed by atoms with Crippen molar-refractivity contribution in [3.8, 4) is 0 Å². The van der Waals surface area contributed by atoms with Crippen molar-refractivity contribution in [1.29, 1.82) is 0 Å². The van der Waals surface area contributed by atoms with Gasteiger partial charge in [0.05, 0.1) is 0 Å². The summed E-state index contributed by atoms with van der Waals surface area (Å²) in [5, 5.41) is 0. The van der Waals surface area contributed by atoms with E-state index in [0.29, 0.717) is 0 Å². The quantitative estimate of drug-likeness (QED) is 0.607. The van der Waals surface area contributed by atoms with Gasteiger partial charge in [-0.25, -0.2) is 0 Å². The first-order valence-corrected chi connectivity index (χ1v) is 4.55. The van der Waals surface area contributed by atoms with Crippen molar-refractivity contribution in [2.24, 2.45) is 11.7 Å². The molecule has 1 nitrogen and oxygen atoms in total. The van der Waals surface area contributed by atoms with Crippen LogP contribution in [0.25, 0.3) is 0 Å². The third kappa shape index (κ3) is 4.80. The van der Waals surface area contributed by atoms with Crippen LogP contribution in [0.5, 0.6) is 0 Å². The fraction of sp³-hybridized carbons (Fsp3) is 1.00. The van der Waals surface area contributed by atoms with Gasteiger partial charge in [-0.15, -0.1) is 0 Å². The Morgan fingerprint density at radius 2 is 1.80 bits per heavy atom. The first-order valence-electron chi connectivity index (χ1n) is 4.55. The summed E-state index contributed by atoms with van der Waals surface area (Å²) in [6.45, 7) is 5.35. The molecule has 0 aromatic rings. The molecule has 0 unspecified atom stereocenters. The molecule has 0 aliphatic carbocycles. The number of rotatable bonds is 6. The maximum atomic E-state index is 5.60. The van der Waals surface area contributed by atoms with Crippen LogP contribution in [0, 0.1) is 5.92 Å². The molecule has 0 spiro atoms. The van der Waals surface area contributed by atoms with E-state index >= 15 is 0 Å². The zero-order valence-electron chi connectivity index (χ0n) is 7.40. The predicted octanol–water partition coefficient (Wildman–Crippen LogP) is 2.55. The predicted molar refractivity (Wildman–Crippen MR) is 47.0 cm³/mol. The van der Waals surface area contributed by atoms with Crippen LogP contribution in [0.15, 0.2) is 0 Å². The molecule has 0 aromatic carbocycles. The van der Waals surface area contributed by atoms with Gasteiger partial charge in [-0.3, -0.25) is 0 Å². The highest BCUT2D eigenvalue weighted by molar-refractivity contribution is 4.58. The average molecular weight is 143 g/mol. The molecule has 0 rings (SSSR count). The van der Waals surface area contributed by atoms with E-state index in [0.717, 1.165) is 12.5 Å². The lowest BCUT2D eigenvalue weighted by molar-refractivity contribution is 0.439. The van der Waals surface area contributed by atoms with Gasteiger partial charge in [-0.1, -0.05) is 33.1 Å². The third-order valence-electron chi connectivity index (χ3n) is 2.00. The second kappa shape index (κ2) is 7.07. The summed E-state index contributed by atoms with van der Waals surface area (Å²) >= 11 is 0. The SMILES string of the molecule is CCCC[C@@H](CN)CCC. The topological polar surface area (TPSA) is 26.0 Å². The Balaban J connectivity index is 3.21. The highest BCUT2D eigenvalue weighted by Gasteiger charge is 2.02. The van der Waals surface area contributed by atoms with Crippen LogP contribution >= 0.6 is 0 Å². The Kier molecular flexibility index (Phi) is 7.04. The molecule has 0 fully saturated rings. The highest BCUT2D eigenvalue weighted by Crippen LogP contribution is 2.12. The standard InChI is InChI=1S/C9H21N/c1-3-5-7-9(8-10)6-4-2/h9H,3-8,10H2,1-2H3/t9-/m0/s1. The Morgan fingerprint density at radius 3 is 2.20 bits per heavy atom. The van der Waals surface area contributed by atoms with E-state index in [9.17, 15) is 0 Å². The number of unbranched alkanes of at least 4 members (excludes halogenated alkanes) is 1. The van der Waals surface area contributed by atoms with Gasteiger partial charge < -0.3 is 5.73 Å². The lowest BCUT2D eigenvalue weighted by Gasteiger charge is -2.11. The maximum absolute atomic E-state index is 5.60. The fourth-order valence-electron chi connectivity index (χ4n) is 1.28. The van der Waals surface area contributed by atoms with Crippen molar-refractivity contribution in [3.63, 3.8) is 0 Å². The summed E-state index contributed by atoms with van der Waals surface area (Å²) < 4.78 is 0. The molecule has 0 amide bonds. The Morgan fingerprint density at radius 1 is 1.10 bits per heavy atom. The van der Waals surface area contributed by atoms with Crippen molar-refractivity contribution in [3.05, 3.63) is 0 Å². The van der Waals surface area contributed by atoms with E-state index in [4.69, 9.17) is 5.73 Å². The summed E-state index contributed by atoms with van der Waals surface area (Å²) in [7, 11) is 0. The summed E-state index contributed by atoms with van der Waals surface area (Å²) in [5.74, 6) is 0.796. The molecule has 1 atom stereocenters. The Hall–Kier alpha value is -0.0400. The van der Waals surface area contributed by atoms with Crippen molar-refractivity contribution in [2.75, 3.05) is 6.54 Å². The Labute approximate surface area is 65.0 Å². The van der Waals surface area contributed by atoms with Crippen molar-refractivity contribution in [2.45, 2.75) is 46.0 Å². The molecule has 0 saturated heterocycles. The highest BCUT2D eigenvalue weighted by atomic mass is 14.5. The minimum atomic E-state index is 0.796. The molecule has 0 saturated carbocycles. The van der Waals surface area contributed by atoms with Crippen LogP contribution in [0.1, 0.15) is 46.0 Å². The molecule has 0 aromatic heterocycles. The monoisotopic (exact) mass is 143 g/mol. The van der Waals surface area contributed by atoms with Gasteiger partial charge in [0.25, 0.3) is 0 Å². The third-order valence-corrected chi connectivity index (χ3v) is 2.00.